The first-order chi connectivity index (χ1) is 14.1. The molecule has 0 bridgehead atoms. The zero-order chi connectivity index (χ0) is 19.7. The molecule has 2 aromatic rings. The highest BCUT2D eigenvalue weighted by atomic mass is 16.6. The van der Waals surface area contributed by atoms with Gasteiger partial charge in [0.15, 0.2) is 0 Å². The van der Waals surface area contributed by atoms with Crippen LogP contribution in [0.15, 0.2) is 60.7 Å². The highest BCUT2D eigenvalue weighted by Gasteiger charge is 2.87. The maximum atomic E-state index is 12.8. The molecule has 6 rings (SSSR count). The molecule has 0 aromatic heterocycles. The summed E-state index contributed by atoms with van der Waals surface area (Å²) in [6, 6.07) is 18.0. The second kappa shape index (κ2) is 5.70. The number of carbonyl (C=O) groups is 2. The number of ether oxygens (including phenoxy) is 3. The van der Waals surface area contributed by atoms with Gasteiger partial charge < -0.3 is 14.2 Å². The van der Waals surface area contributed by atoms with E-state index in [1.165, 1.54) is 0 Å². The van der Waals surface area contributed by atoms with Gasteiger partial charge in [-0.1, -0.05) is 36.4 Å². The van der Waals surface area contributed by atoms with E-state index in [-0.39, 0.29) is 35.2 Å². The van der Waals surface area contributed by atoms with Crippen LogP contribution in [0.4, 0.5) is 0 Å². The standard InChI is InChI=1S/C24H22O5/c25-19(16-7-3-1-4-8-16)27-18-15-24(18)21(22(11-12-22)23(29-24)13-14-23)28-20(26)17-9-5-2-6-10-17/h1-10,18,21H,11-15H2/t18?,21-,24-/m0/s1. The summed E-state index contributed by atoms with van der Waals surface area (Å²) in [6.45, 7) is 0. The number of esters is 2. The first-order valence-corrected chi connectivity index (χ1v) is 10.3. The van der Waals surface area contributed by atoms with Crippen LogP contribution < -0.4 is 0 Å². The summed E-state index contributed by atoms with van der Waals surface area (Å²) < 4.78 is 18.5. The van der Waals surface area contributed by atoms with Gasteiger partial charge in [-0.15, -0.1) is 0 Å². The average Bonchev–Trinajstić information content (AvgIpc) is 3.64. The van der Waals surface area contributed by atoms with Gasteiger partial charge in [0.05, 0.1) is 16.7 Å². The summed E-state index contributed by atoms with van der Waals surface area (Å²) in [5.74, 6) is -0.687. The lowest BCUT2D eigenvalue weighted by atomic mass is 9.89. The molecule has 5 nitrogen and oxygen atoms in total. The minimum absolute atomic E-state index is 0.106. The van der Waals surface area contributed by atoms with E-state index in [1.54, 1.807) is 24.3 Å². The molecule has 4 fully saturated rings. The van der Waals surface area contributed by atoms with Crippen LogP contribution in [0.5, 0.6) is 0 Å². The summed E-state index contributed by atoms with van der Waals surface area (Å²) in [6.07, 6.45) is 3.84. The molecular formula is C24H22O5. The molecule has 3 aliphatic carbocycles. The van der Waals surface area contributed by atoms with Gasteiger partial charge in [-0.2, -0.15) is 0 Å². The molecule has 5 heteroatoms. The van der Waals surface area contributed by atoms with Crippen molar-refractivity contribution in [2.75, 3.05) is 0 Å². The zero-order valence-corrected chi connectivity index (χ0v) is 16.0. The molecule has 0 amide bonds. The molecule has 0 N–H and O–H groups in total. The van der Waals surface area contributed by atoms with Gasteiger partial charge in [0.1, 0.15) is 17.8 Å². The van der Waals surface area contributed by atoms with E-state index < -0.39 is 5.60 Å². The Labute approximate surface area is 169 Å². The second-order valence-electron chi connectivity index (χ2n) is 8.82. The van der Waals surface area contributed by atoms with Crippen LogP contribution in [0.1, 0.15) is 52.8 Å². The fraction of sp³-hybridized carbons (Fsp3) is 0.417. The van der Waals surface area contributed by atoms with E-state index in [4.69, 9.17) is 14.2 Å². The molecule has 1 aliphatic heterocycles. The average molecular weight is 390 g/mol. The fourth-order valence-electron chi connectivity index (χ4n) is 5.28. The summed E-state index contributed by atoms with van der Waals surface area (Å²) in [7, 11) is 0. The summed E-state index contributed by atoms with van der Waals surface area (Å²) in [4.78, 5) is 25.4. The molecule has 3 spiro atoms. The van der Waals surface area contributed by atoms with Crippen molar-refractivity contribution in [1.82, 2.24) is 0 Å². The van der Waals surface area contributed by atoms with Crippen molar-refractivity contribution in [2.45, 2.75) is 55.5 Å². The number of hydrogen-bond donors (Lipinski definition) is 0. The molecule has 1 saturated heterocycles. The van der Waals surface area contributed by atoms with Crippen LogP contribution in [0, 0.1) is 5.41 Å². The quantitative estimate of drug-likeness (QED) is 0.741. The predicted octanol–water partition coefficient (Wildman–Crippen LogP) is 3.92. The summed E-state index contributed by atoms with van der Waals surface area (Å²) in [5.41, 5.74) is 0.0665. The third-order valence-electron chi connectivity index (χ3n) is 7.11. The van der Waals surface area contributed by atoms with Gasteiger partial charge in [-0.25, -0.2) is 9.59 Å². The van der Waals surface area contributed by atoms with Crippen LogP contribution in [-0.4, -0.2) is 35.3 Å². The fourth-order valence-corrected chi connectivity index (χ4v) is 5.28. The normalized spacial score (nSPS) is 31.6. The van der Waals surface area contributed by atoms with E-state index in [0.717, 1.165) is 25.7 Å². The van der Waals surface area contributed by atoms with Gasteiger partial charge in [0.25, 0.3) is 0 Å². The van der Waals surface area contributed by atoms with Gasteiger partial charge >= 0.3 is 11.9 Å². The number of rotatable bonds is 4. The maximum Gasteiger partial charge on any atom is 0.338 e. The van der Waals surface area contributed by atoms with Crippen molar-refractivity contribution in [2.24, 2.45) is 5.41 Å². The van der Waals surface area contributed by atoms with Crippen molar-refractivity contribution in [3.63, 3.8) is 0 Å². The number of fused-ring (bicyclic) bond motifs is 1. The van der Waals surface area contributed by atoms with E-state index >= 15 is 0 Å². The Bertz CT molecular complexity index is 977. The molecule has 4 aliphatic rings. The Morgan fingerprint density at radius 2 is 1.34 bits per heavy atom. The van der Waals surface area contributed by atoms with Crippen LogP contribution in [0.3, 0.4) is 0 Å². The number of carbonyl (C=O) groups excluding carboxylic acids is 2. The van der Waals surface area contributed by atoms with E-state index in [9.17, 15) is 9.59 Å². The van der Waals surface area contributed by atoms with Crippen LogP contribution in [-0.2, 0) is 14.2 Å². The third-order valence-corrected chi connectivity index (χ3v) is 7.11. The van der Waals surface area contributed by atoms with Gasteiger partial charge in [0.2, 0.25) is 0 Å². The largest absolute Gasteiger partial charge is 0.455 e. The first kappa shape index (κ1) is 17.2. The minimum Gasteiger partial charge on any atom is -0.455 e. The van der Waals surface area contributed by atoms with Gasteiger partial charge in [-0.3, -0.25) is 0 Å². The lowest BCUT2D eigenvalue weighted by Gasteiger charge is -2.24. The van der Waals surface area contributed by atoms with E-state index in [2.05, 4.69) is 0 Å². The second-order valence-corrected chi connectivity index (χ2v) is 8.82. The minimum atomic E-state index is -0.693. The summed E-state index contributed by atoms with van der Waals surface area (Å²) in [5, 5.41) is 0. The topological polar surface area (TPSA) is 61.8 Å². The predicted molar refractivity (Wildman–Crippen MR) is 103 cm³/mol. The number of benzene rings is 2. The Hall–Kier alpha value is -2.66. The molecule has 2 aromatic carbocycles. The van der Waals surface area contributed by atoms with Gasteiger partial charge in [-0.05, 0) is 49.9 Å². The van der Waals surface area contributed by atoms with E-state index in [0.29, 0.717) is 17.5 Å². The molecular weight excluding hydrogens is 368 g/mol. The van der Waals surface area contributed by atoms with E-state index in [1.807, 2.05) is 36.4 Å². The Morgan fingerprint density at radius 1 is 0.793 bits per heavy atom. The first-order valence-electron chi connectivity index (χ1n) is 10.3. The van der Waals surface area contributed by atoms with Crippen molar-refractivity contribution >= 4 is 11.9 Å². The molecule has 1 unspecified atom stereocenters. The number of hydrogen-bond acceptors (Lipinski definition) is 5. The third kappa shape index (κ3) is 2.43. The molecule has 0 radical (unpaired) electrons. The molecule has 3 saturated carbocycles. The SMILES string of the molecule is O=C(OC1C[C@]12OC1(CC1)C1(CC1)[C@@H]2OC(=O)c1ccccc1)c1ccccc1. The zero-order valence-electron chi connectivity index (χ0n) is 16.0. The maximum absolute atomic E-state index is 12.8. The lowest BCUT2D eigenvalue weighted by molar-refractivity contribution is -0.0588. The Kier molecular flexibility index (Phi) is 3.38. The van der Waals surface area contributed by atoms with Gasteiger partial charge in [0, 0.05) is 11.8 Å². The molecule has 1 heterocycles. The van der Waals surface area contributed by atoms with Crippen molar-refractivity contribution in [3.05, 3.63) is 71.8 Å². The smallest absolute Gasteiger partial charge is 0.338 e. The highest BCUT2D eigenvalue weighted by Crippen LogP contribution is 2.79. The highest BCUT2D eigenvalue weighted by molar-refractivity contribution is 5.90. The summed E-state index contributed by atoms with van der Waals surface area (Å²) >= 11 is 0. The lowest BCUT2D eigenvalue weighted by Crippen LogP contribution is -2.38. The molecule has 29 heavy (non-hydrogen) atoms. The monoisotopic (exact) mass is 390 g/mol. The molecule has 3 atom stereocenters. The van der Waals surface area contributed by atoms with Crippen LogP contribution >= 0.6 is 0 Å². The van der Waals surface area contributed by atoms with Crippen LogP contribution in [0.25, 0.3) is 0 Å². The van der Waals surface area contributed by atoms with Crippen molar-refractivity contribution < 1.29 is 23.8 Å². The van der Waals surface area contributed by atoms with Crippen molar-refractivity contribution in [1.29, 1.82) is 0 Å². The Morgan fingerprint density at radius 3 is 1.86 bits per heavy atom. The molecule has 148 valence electrons. The Balaban J connectivity index is 1.26. The van der Waals surface area contributed by atoms with Crippen LogP contribution in [0.2, 0.25) is 0 Å². The van der Waals surface area contributed by atoms with Crippen molar-refractivity contribution in [3.8, 4) is 0 Å².